The molecule has 1 aromatic rings. The van der Waals surface area contributed by atoms with Gasteiger partial charge in [0.05, 0.1) is 0 Å². The van der Waals surface area contributed by atoms with Crippen molar-refractivity contribution in [3.63, 3.8) is 0 Å². The van der Waals surface area contributed by atoms with E-state index >= 15 is 0 Å². The smallest absolute Gasteiger partial charge is 0.189 e. The molecule has 0 radical (unpaired) electrons. The Labute approximate surface area is 95.6 Å². The third-order valence-electron chi connectivity index (χ3n) is 2.08. The summed E-state index contributed by atoms with van der Waals surface area (Å²) in [5, 5.41) is 3.13. The van der Waals surface area contributed by atoms with Crippen molar-refractivity contribution in [3.8, 4) is 5.75 Å². The second kappa shape index (κ2) is 7.19. The van der Waals surface area contributed by atoms with Gasteiger partial charge in [0.1, 0.15) is 0 Å². The lowest BCUT2D eigenvalue weighted by atomic mass is 10.2. The van der Waals surface area contributed by atoms with Crippen LogP contribution in [0, 0.1) is 5.82 Å². The Kier molecular flexibility index (Phi) is 5.82. The maximum absolute atomic E-state index is 13.5. The van der Waals surface area contributed by atoms with Gasteiger partial charge in [0.25, 0.3) is 0 Å². The summed E-state index contributed by atoms with van der Waals surface area (Å²) in [6.07, 6.45) is 0. The van der Waals surface area contributed by atoms with Crippen LogP contribution in [0.15, 0.2) is 18.2 Å². The van der Waals surface area contributed by atoms with E-state index in [0.717, 1.165) is 12.1 Å². The summed E-state index contributed by atoms with van der Waals surface area (Å²) < 4.78 is 23.6. The van der Waals surface area contributed by atoms with Crippen molar-refractivity contribution in [2.45, 2.75) is 20.4 Å². The van der Waals surface area contributed by atoms with Crippen LogP contribution >= 0.6 is 0 Å². The van der Waals surface area contributed by atoms with Gasteiger partial charge < -0.3 is 14.8 Å². The zero-order valence-electron chi connectivity index (χ0n) is 9.75. The number of ether oxygens (including phenoxy) is 2. The van der Waals surface area contributed by atoms with E-state index in [2.05, 4.69) is 5.32 Å². The molecule has 0 aromatic heterocycles. The second-order valence-corrected chi connectivity index (χ2v) is 3.30. The monoisotopic (exact) mass is 227 g/mol. The Morgan fingerprint density at radius 1 is 1.31 bits per heavy atom. The number of hydrogen-bond acceptors (Lipinski definition) is 3. The molecule has 4 heteroatoms. The van der Waals surface area contributed by atoms with Crippen LogP contribution in [-0.4, -0.2) is 19.9 Å². The van der Waals surface area contributed by atoms with E-state index < -0.39 is 0 Å². The molecule has 0 unspecified atom stereocenters. The zero-order valence-corrected chi connectivity index (χ0v) is 9.75. The molecule has 0 saturated carbocycles. The van der Waals surface area contributed by atoms with Gasteiger partial charge in [-0.1, -0.05) is 13.0 Å². The minimum atomic E-state index is -0.352. The van der Waals surface area contributed by atoms with E-state index in [1.54, 1.807) is 6.07 Å². The third-order valence-corrected chi connectivity index (χ3v) is 2.08. The van der Waals surface area contributed by atoms with Crippen molar-refractivity contribution in [1.82, 2.24) is 5.32 Å². The lowest BCUT2D eigenvalue weighted by molar-refractivity contribution is 0.0201. The highest BCUT2D eigenvalue weighted by atomic mass is 19.1. The van der Waals surface area contributed by atoms with Crippen LogP contribution in [0.2, 0.25) is 0 Å². The zero-order chi connectivity index (χ0) is 11.8. The summed E-state index contributed by atoms with van der Waals surface area (Å²) in [6.45, 7) is 6.04. The average Bonchev–Trinajstić information content (AvgIpc) is 2.29. The van der Waals surface area contributed by atoms with Crippen LogP contribution in [0.25, 0.3) is 0 Å². The van der Waals surface area contributed by atoms with Gasteiger partial charge in [0.15, 0.2) is 18.4 Å². The average molecular weight is 227 g/mol. The molecule has 3 nitrogen and oxygen atoms in total. The van der Waals surface area contributed by atoms with Crippen molar-refractivity contribution in [1.29, 1.82) is 0 Å². The third kappa shape index (κ3) is 4.16. The first-order chi connectivity index (χ1) is 7.77. The van der Waals surface area contributed by atoms with Crippen molar-refractivity contribution in [2.24, 2.45) is 0 Å². The van der Waals surface area contributed by atoms with Gasteiger partial charge in [0, 0.05) is 13.2 Å². The minimum Gasteiger partial charge on any atom is -0.464 e. The molecule has 1 rings (SSSR count). The Bertz CT molecular complexity index is 318. The summed E-state index contributed by atoms with van der Waals surface area (Å²) in [5.41, 5.74) is 0.906. The number of hydrogen-bond donors (Lipinski definition) is 1. The number of nitrogens with one attached hydrogen (secondary N) is 1. The largest absolute Gasteiger partial charge is 0.464 e. The predicted octanol–water partition coefficient (Wildman–Crippen LogP) is 2.31. The maximum atomic E-state index is 13.5. The quantitative estimate of drug-likeness (QED) is 0.572. The van der Waals surface area contributed by atoms with Crippen molar-refractivity contribution < 1.29 is 13.9 Å². The van der Waals surface area contributed by atoms with E-state index in [0.29, 0.717) is 13.2 Å². The van der Waals surface area contributed by atoms with Gasteiger partial charge in [-0.25, -0.2) is 4.39 Å². The fourth-order valence-electron chi connectivity index (χ4n) is 1.23. The Morgan fingerprint density at radius 3 is 2.75 bits per heavy atom. The first-order valence-corrected chi connectivity index (χ1v) is 5.47. The maximum Gasteiger partial charge on any atom is 0.189 e. The van der Waals surface area contributed by atoms with Crippen LogP contribution in [0.4, 0.5) is 4.39 Å². The van der Waals surface area contributed by atoms with Crippen LogP contribution in [0.3, 0.4) is 0 Å². The molecule has 90 valence electrons. The van der Waals surface area contributed by atoms with Crippen LogP contribution in [-0.2, 0) is 11.3 Å². The standard InChI is InChI=1S/C12H18FNO2/c1-3-14-8-10-5-6-12(11(13)7-10)16-9-15-4-2/h5-7,14H,3-4,8-9H2,1-2H3. The Hall–Kier alpha value is -1.13. The van der Waals surface area contributed by atoms with Crippen molar-refractivity contribution >= 4 is 0 Å². The van der Waals surface area contributed by atoms with Crippen LogP contribution in [0.1, 0.15) is 19.4 Å². The molecular formula is C12H18FNO2. The summed E-state index contributed by atoms with van der Waals surface area (Å²) in [7, 11) is 0. The van der Waals surface area contributed by atoms with E-state index in [9.17, 15) is 4.39 Å². The predicted molar refractivity (Wildman–Crippen MR) is 60.9 cm³/mol. The van der Waals surface area contributed by atoms with Gasteiger partial charge in [0.2, 0.25) is 0 Å². The van der Waals surface area contributed by atoms with Gasteiger partial charge in [-0.2, -0.15) is 0 Å². The molecular weight excluding hydrogens is 209 g/mol. The lowest BCUT2D eigenvalue weighted by Crippen LogP contribution is -2.12. The van der Waals surface area contributed by atoms with Crippen molar-refractivity contribution in [3.05, 3.63) is 29.6 Å². The molecule has 0 aliphatic heterocycles. The molecule has 0 aliphatic carbocycles. The van der Waals surface area contributed by atoms with E-state index in [-0.39, 0.29) is 18.4 Å². The first kappa shape index (κ1) is 12.9. The highest BCUT2D eigenvalue weighted by Crippen LogP contribution is 2.18. The first-order valence-electron chi connectivity index (χ1n) is 5.47. The molecule has 1 aromatic carbocycles. The fraction of sp³-hybridized carbons (Fsp3) is 0.500. The SMILES string of the molecule is CCNCc1ccc(OCOCC)c(F)c1. The highest BCUT2D eigenvalue weighted by Gasteiger charge is 2.04. The molecule has 1 N–H and O–H groups in total. The molecule has 0 heterocycles. The van der Waals surface area contributed by atoms with E-state index in [4.69, 9.17) is 9.47 Å². The number of halogens is 1. The molecule has 0 fully saturated rings. The summed E-state index contributed by atoms with van der Waals surface area (Å²) in [4.78, 5) is 0. The molecule has 0 aliphatic rings. The van der Waals surface area contributed by atoms with Gasteiger partial charge >= 0.3 is 0 Å². The molecule has 0 amide bonds. The lowest BCUT2D eigenvalue weighted by Gasteiger charge is -2.08. The summed E-state index contributed by atoms with van der Waals surface area (Å²) >= 11 is 0. The van der Waals surface area contributed by atoms with Gasteiger partial charge in [-0.15, -0.1) is 0 Å². The van der Waals surface area contributed by atoms with E-state index in [1.165, 1.54) is 6.07 Å². The number of rotatable bonds is 7. The Balaban J connectivity index is 2.53. The van der Waals surface area contributed by atoms with Crippen LogP contribution < -0.4 is 10.1 Å². The van der Waals surface area contributed by atoms with E-state index in [1.807, 2.05) is 19.9 Å². The van der Waals surface area contributed by atoms with Gasteiger partial charge in [-0.05, 0) is 31.2 Å². The Morgan fingerprint density at radius 2 is 2.12 bits per heavy atom. The molecule has 0 bridgehead atoms. The van der Waals surface area contributed by atoms with Gasteiger partial charge in [-0.3, -0.25) is 0 Å². The molecule has 0 spiro atoms. The fourth-order valence-corrected chi connectivity index (χ4v) is 1.23. The summed E-state index contributed by atoms with van der Waals surface area (Å²) in [5.74, 6) is -0.121. The normalized spacial score (nSPS) is 10.4. The molecule has 0 atom stereocenters. The number of benzene rings is 1. The van der Waals surface area contributed by atoms with Crippen molar-refractivity contribution in [2.75, 3.05) is 19.9 Å². The van der Waals surface area contributed by atoms with Crippen LogP contribution in [0.5, 0.6) is 5.75 Å². The molecule has 0 saturated heterocycles. The topological polar surface area (TPSA) is 30.5 Å². The summed E-state index contributed by atoms with van der Waals surface area (Å²) in [6, 6.07) is 4.94. The molecule has 16 heavy (non-hydrogen) atoms. The second-order valence-electron chi connectivity index (χ2n) is 3.30. The minimum absolute atomic E-state index is 0.0833. The highest BCUT2D eigenvalue weighted by molar-refractivity contribution is 5.29.